The molecule has 0 saturated carbocycles. The molecule has 0 bridgehead atoms. The summed E-state index contributed by atoms with van der Waals surface area (Å²) in [5.41, 5.74) is 4.58. The molecule has 0 aliphatic carbocycles. The second-order valence-electron chi connectivity index (χ2n) is 8.27. The molecule has 0 spiro atoms. The average molecular weight is 409 g/mol. The fraction of sp³-hybridized carbons (Fsp3) is 0.231. The van der Waals surface area contributed by atoms with Crippen LogP contribution in [0.25, 0.3) is 16.4 Å². The zero-order valence-corrected chi connectivity index (χ0v) is 17.6. The van der Waals surface area contributed by atoms with E-state index in [4.69, 9.17) is 0 Å². The van der Waals surface area contributed by atoms with Gasteiger partial charge in [-0.2, -0.15) is 5.26 Å². The molecule has 1 aliphatic heterocycles. The Morgan fingerprint density at radius 2 is 1.68 bits per heavy atom. The molecular weight excluding hydrogens is 384 g/mol. The summed E-state index contributed by atoms with van der Waals surface area (Å²) in [5.74, 6) is -0.0704. The number of aromatic nitrogens is 1. The highest BCUT2D eigenvalue weighted by Gasteiger charge is 2.19. The Bertz CT molecular complexity index is 1310. The summed E-state index contributed by atoms with van der Waals surface area (Å²) >= 11 is 0. The number of carbonyl (C=O) groups excluding carboxylic acids is 1. The van der Waals surface area contributed by atoms with Crippen molar-refractivity contribution >= 4 is 22.2 Å². The first kappa shape index (κ1) is 19.5. The number of piperazine rings is 1. The van der Waals surface area contributed by atoms with Crippen LogP contribution in [0.15, 0.2) is 66.7 Å². The number of hydrogen-bond acceptors (Lipinski definition) is 4. The number of nitrogens with zero attached hydrogens (tertiary/aromatic N) is 4. The maximum Gasteiger partial charge on any atom is 0.209 e. The van der Waals surface area contributed by atoms with Gasteiger partial charge in [0, 0.05) is 38.3 Å². The molecule has 1 aliphatic rings. The summed E-state index contributed by atoms with van der Waals surface area (Å²) in [6.07, 6.45) is 0. The first-order valence-corrected chi connectivity index (χ1v) is 10.6. The molecule has 31 heavy (non-hydrogen) atoms. The van der Waals surface area contributed by atoms with Gasteiger partial charge in [0.25, 0.3) is 0 Å². The van der Waals surface area contributed by atoms with E-state index >= 15 is 0 Å². The van der Waals surface area contributed by atoms with Gasteiger partial charge in [0.1, 0.15) is 6.07 Å². The van der Waals surface area contributed by atoms with Crippen LogP contribution < -0.4 is 0 Å². The van der Waals surface area contributed by atoms with Crippen molar-refractivity contribution in [1.29, 1.82) is 5.26 Å². The van der Waals surface area contributed by atoms with Gasteiger partial charge in [-0.15, -0.1) is 0 Å². The Labute approximate surface area is 181 Å². The van der Waals surface area contributed by atoms with E-state index in [2.05, 4.69) is 22.9 Å². The smallest absolute Gasteiger partial charge is 0.209 e. The largest absolute Gasteiger partial charge is 0.305 e. The Morgan fingerprint density at radius 1 is 0.935 bits per heavy atom. The lowest BCUT2D eigenvalue weighted by Gasteiger charge is -2.32. The van der Waals surface area contributed by atoms with Gasteiger partial charge in [0.05, 0.1) is 22.3 Å². The fourth-order valence-electron chi connectivity index (χ4n) is 4.38. The molecule has 1 saturated heterocycles. The van der Waals surface area contributed by atoms with Gasteiger partial charge in [-0.3, -0.25) is 9.69 Å². The molecule has 0 atom stereocenters. The molecule has 0 unspecified atom stereocenters. The van der Waals surface area contributed by atoms with Crippen LogP contribution in [0.5, 0.6) is 0 Å². The summed E-state index contributed by atoms with van der Waals surface area (Å²) < 4.78 is 1.91. The summed E-state index contributed by atoms with van der Waals surface area (Å²) in [7, 11) is 2.16. The second kappa shape index (κ2) is 7.99. The molecule has 1 fully saturated rings. The van der Waals surface area contributed by atoms with E-state index in [0.717, 1.165) is 49.1 Å². The minimum Gasteiger partial charge on any atom is -0.305 e. The number of benzene rings is 2. The Hall–Kier alpha value is -3.46. The van der Waals surface area contributed by atoms with Crippen LogP contribution >= 0.6 is 0 Å². The van der Waals surface area contributed by atoms with Crippen molar-refractivity contribution in [2.75, 3.05) is 33.2 Å². The monoisotopic (exact) mass is 408 g/mol. The molecular formula is C26H24N4O. The predicted molar refractivity (Wildman–Crippen MR) is 122 cm³/mol. The van der Waals surface area contributed by atoms with Crippen LogP contribution in [-0.2, 0) is 6.54 Å². The van der Waals surface area contributed by atoms with Crippen LogP contribution in [0.2, 0.25) is 0 Å². The van der Waals surface area contributed by atoms with Gasteiger partial charge >= 0.3 is 0 Å². The number of likely N-dealkylation sites (N-methyl/N-ethyl adjacent to an activating group) is 1. The fourth-order valence-corrected chi connectivity index (χ4v) is 4.38. The molecule has 5 heteroatoms. The first-order valence-electron chi connectivity index (χ1n) is 10.6. The van der Waals surface area contributed by atoms with E-state index in [-0.39, 0.29) is 5.78 Å². The van der Waals surface area contributed by atoms with Gasteiger partial charge in [-0.1, -0.05) is 48.5 Å². The molecule has 4 aromatic rings. The SMILES string of the molecule is CN1CCN(Cc2ccc(C(=O)c3cc(C#N)c4ccc5ccccc5n34)cc2)CC1. The number of fused-ring (bicyclic) bond motifs is 3. The molecule has 154 valence electrons. The Kier molecular flexibility index (Phi) is 5.03. The maximum atomic E-state index is 13.4. The zero-order valence-electron chi connectivity index (χ0n) is 17.6. The highest BCUT2D eigenvalue weighted by molar-refractivity contribution is 6.10. The van der Waals surface area contributed by atoms with Gasteiger partial charge in [-0.05, 0) is 36.2 Å². The van der Waals surface area contributed by atoms with Gasteiger partial charge in [0.2, 0.25) is 5.78 Å². The molecule has 5 nitrogen and oxygen atoms in total. The summed E-state index contributed by atoms with van der Waals surface area (Å²) in [6.45, 7) is 5.22. The number of nitriles is 1. The van der Waals surface area contributed by atoms with Crippen molar-refractivity contribution in [2.24, 2.45) is 0 Å². The lowest BCUT2D eigenvalue weighted by atomic mass is 10.1. The minimum atomic E-state index is -0.0704. The van der Waals surface area contributed by atoms with E-state index < -0.39 is 0 Å². The third-order valence-electron chi connectivity index (χ3n) is 6.21. The highest BCUT2D eigenvalue weighted by Crippen LogP contribution is 2.25. The van der Waals surface area contributed by atoms with Gasteiger partial charge in [-0.25, -0.2) is 0 Å². The van der Waals surface area contributed by atoms with Gasteiger partial charge < -0.3 is 9.30 Å². The summed E-state index contributed by atoms with van der Waals surface area (Å²) in [4.78, 5) is 18.2. The van der Waals surface area contributed by atoms with Crippen LogP contribution in [0.4, 0.5) is 0 Å². The lowest BCUT2D eigenvalue weighted by Crippen LogP contribution is -2.43. The van der Waals surface area contributed by atoms with E-state index in [1.807, 2.05) is 65.1 Å². The molecule has 2 aromatic carbocycles. The number of para-hydroxylation sites is 1. The third kappa shape index (κ3) is 3.61. The molecule has 2 aromatic heterocycles. The quantitative estimate of drug-likeness (QED) is 0.480. The van der Waals surface area contributed by atoms with Crippen molar-refractivity contribution < 1.29 is 4.79 Å². The number of carbonyl (C=O) groups is 1. The molecule has 0 amide bonds. The predicted octanol–water partition coefficient (Wildman–Crippen LogP) is 3.94. The van der Waals surface area contributed by atoms with E-state index in [9.17, 15) is 10.1 Å². The molecule has 5 rings (SSSR count). The molecule has 3 heterocycles. The van der Waals surface area contributed by atoms with Crippen molar-refractivity contribution in [3.05, 3.63) is 89.1 Å². The van der Waals surface area contributed by atoms with Crippen LogP contribution in [0.1, 0.15) is 27.2 Å². The minimum absolute atomic E-state index is 0.0704. The number of pyridine rings is 1. The van der Waals surface area contributed by atoms with E-state index in [0.29, 0.717) is 16.8 Å². The standard InChI is InChI=1S/C26H24N4O/c1-28-12-14-29(15-13-28)18-19-6-8-21(9-7-19)26(31)25-16-22(17-27)24-11-10-20-4-2-3-5-23(20)30(24)25/h2-11,16H,12-15,18H2,1H3. The van der Waals surface area contributed by atoms with E-state index in [1.54, 1.807) is 6.07 Å². The Morgan fingerprint density at radius 3 is 2.42 bits per heavy atom. The van der Waals surface area contributed by atoms with Crippen molar-refractivity contribution in [3.63, 3.8) is 0 Å². The number of ketones is 1. The Balaban J connectivity index is 1.47. The third-order valence-corrected chi connectivity index (χ3v) is 6.21. The summed E-state index contributed by atoms with van der Waals surface area (Å²) in [5, 5.41) is 10.6. The topological polar surface area (TPSA) is 51.8 Å². The van der Waals surface area contributed by atoms with Crippen molar-refractivity contribution in [2.45, 2.75) is 6.54 Å². The number of hydrogen-bond donors (Lipinski definition) is 0. The molecule has 0 N–H and O–H groups in total. The van der Waals surface area contributed by atoms with Crippen LogP contribution in [0, 0.1) is 11.3 Å². The van der Waals surface area contributed by atoms with Gasteiger partial charge in [0.15, 0.2) is 0 Å². The second-order valence-corrected chi connectivity index (χ2v) is 8.27. The van der Waals surface area contributed by atoms with Crippen molar-refractivity contribution in [3.8, 4) is 6.07 Å². The zero-order chi connectivity index (χ0) is 21.4. The average Bonchev–Trinajstić information content (AvgIpc) is 3.20. The normalized spacial score (nSPS) is 15.4. The van der Waals surface area contributed by atoms with Crippen molar-refractivity contribution in [1.82, 2.24) is 14.2 Å². The lowest BCUT2D eigenvalue weighted by molar-refractivity contribution is 0.103. The summed E-state index contributed by atoms with van der Waals surface area (Å²) in [6, 6.07) is 23.7. The molecule has 0 radical (unpaired) electrons. The van der Waals surface area contributed by atoms with E-state index in [1.165, 1.54) is 5.56 Å². The first-order chi connectivity index (χ1) is 15.1. The van der Waals surface area contributed by atoms with Crippen LogP contribution in [-0.4, -0.2) is 53.2 Å². The number of rotatable bonds is 4. The maximum absolute atomic E-state index is 13.4. The highest BCUT2D eigenvalue weighted by atomic mass is 16.1. The van der Waals surface area contributed by atoms with Crippen LogP contribution in [0.3, 0.4) is 0 Å².